The molecule has 3 amide bonds. The molecule has 0 bridgehead atoms. The van der Waals surface area contributed by atoms with Crippen molar-refractivity contribution in [1.29, 1.82) is 0 Å². The Morgan fingerprint density at radius 1 is 1.24 bits per heavy atom. The Labute approximate surface area is 126 Å². The molecule has 0 aliphatic rings. The van der Waals surface area contributed by atoms with Gasteiger partial charge in [0.15, 0.2) is 6.04 Å². The zero-order chi connectivity index (χ0) is 16.2. The molecule has 21 heavy (non-hydrogen) atoms. The first-order chi connectivity index (χ1) is 9.61. The number of amides is 3. The normalized spacial score (nSPS) is 14.3. The molecule has 1 aromatic rings. The van der Waals surface area contributed by atoms with Gasteiger partial charge in [-0.2, -0.15) is 0 Å². The fourth-order valence-electron chi connectivity index (χ4n) is 2.05. The van der Waals surface area contributed by atoms with Crippen molar-refractivity contribution in [1.82, 2.24) is 5.32 Å². The summed E-state index contributed by atoms with van der Waals surface area (Å²) in [5.74, 6) is -0.355. The van der Waals surface area contributed by atoms with Crippen LogP contribution in [0.1, 0.15) is 38.8 Å². The van der Waals surface area contributed by atoms with Crippen LogP contribution in [0.3, 0.4) is 0 Å². The quantitative estimate of drug-likeness (QED) is 0.759. The number of rotatable bonds is 4. The summed E-state index contributed by atoms with van der Waals surface area (Å²) in [6.07, 6.45) is 0. The number of hydrogen-bond donors (Lipinski definition) is 3. The average Bonchev–Trinajstić information content (AvgIpc) is 2.36. The minimum Gasteiger partial charge on any atom is -0.351 e. The molecular formula is C16H26N3O2+. The van der Waals surface area contributed by atoms with Crippen LogP contribution in [0.4, 0.5) is 4.79 Å². The number of carbonyl (C=O) groups is 2. The van der Waals surface area contributed by atoms with E-state index in [9.17, 15) is 9.59 Å². The number of hydrogen-bond acceptors (Lipinski definition) is 2. The van der Waals surface area contributed by atoms with E-state index < -0.39 is 6.03 Å². The van der Waals surface area contributed by atoms with Gasteiger partial charge in [0.25, 0.3) is 5.91 Å². The average molecular weight is 292 g/mol. The van der Waals surface area contributed by atoms with E-state index in [1.165, 1.54) is 5.56 Å². The molecule has 0 fully saturated rings. The molecule has 1 aromatic carbocycles. The van der Waals surface area contributed by atoms with Gasteiger partial charge in [-0.3, -0.25) is 10.1 Å². The van der Waals surface area contributed by atoms with E-state index >= 15 is 0 Å². The number of urea groups is 1. The minimum absolute atomic E-state index is 0.131. The Morgan fingerprint density at radius 2 is 1.76 bits per heavy atom. The topological polar surface area (TPSA) is 76.6 Å². The molecule has 4 N–H and O–H groups in total. The third-order valence-corrected chi connectivity index (χ3v) is 3.68. The highest BCUT2D eigenvalue weighted by atomic mass is 16.2. The van der Waals surface area contributed by atoms with Crippen molar-refractivity contribution in [3.8, 4) is 0 Å². The molecule has 1 rings (SSSR count). The first-order valence-corrected chi connectivity index (χ1v) is 7.13. The van der Waals surface area contributed by atoms with Gasteiger partial charge in [-0.05, 0) is 17.9 Å². The van der Waals surface area contributed by atoms with Gasteiger partial charge in [-0.15, -0.1) is 0 Å². The molecule has 0 spiro atoms. The van der Waals surface area contributed by atoms with Gasteiger partial charge in [-0.1, -0.05) is 45.0 Å². The highest BCUT2D eigenvalue weighted by Crippen LogP contribution is 2.21. The standard InChI is InChI=1S/C16H25N3O2/c1-11(14(20)18-15(17)21)19(5)10-12-6-8-13(9-7-12)16(2,3)4/h6-9,11H,10H2,1-5H3,(H3,17,18,20,21)/p+1/t11-/m1/s1. The molecule has 5 heteroatoms. The van der Waals surface area contributed by atoms with Crippen molar-refractivity contribution in [2.45, 2.75) is 45.7 Å². The maximum Gasteiger partial charge on any atom is 0.319 e. The molecule has 0 aromatic heterocycles. The molecule has 0 aliphatic heterocycles. The predicted molar refractivity (Wildman–Crippen MR) is 82.9 cm³/mol. The van der Waals surface area contributed by atoms with Crippen LogP contribution >= 0.6 is 0 Å². The van der Waals surface area contributed by atoms with E-state index in [2.05, 4.69) is 50.4 Å². The number of carbonyl (C=O) groups excluding carboxylic acids is 2. The molecular weight excluding hydrogens is 266 g/mol. The van der Waals surface area contributed by atoms with Crippen molar-refractivity contribution < 1.29 is 14.5 Å². The second-order valence-electron chi connectivity index (χ2n) is 6.55. The van der Waals surface area contributed by atoms with Crippen LogP contribution in [0.15, 0.2) is 24.3 Å². The van der Waals surface area contributed by atoms with Crippen LogP contribution in [0, 0.1) is 0 Å². The maximum absolute atomic E-state index is 11.7. The number of quaternary nitrogens is 1. The van der Waals surface area contributed by atoms with Gasteiger partial charge in [0, 0.05) is 5.56 Å². The largest absolute Gasteiger partial charge is 0.351 e. The van der Waals surface area contributed by atoms with Crippen LogP contribution < -0.4 is 16.0 Å². The Kier molecular flexibility index (Phi) is 5.49. The van der Waals surface area contributed by atoms with Crippen LogP contribution in [0.5, 0.6) is 0 Å². The van der Waals surface area contributed by atoms with Gasteiger partial charge in [0.1, 0.15) is 6.54 Å². The lowest BCUT2D eigenvalue weighted by molar-refractivity contribution is -0.908. The molecule has 2 atom stereocenters. The minimum atomic E-state index is -0.811. The summed E-state index contributed by atoms with van der Waals surface area (Å²) in [4.78, 5) is 23.4. The summed E-state index contributed by atoms with van der Waals surface area (Å²) in [5, 5.41) is 2.12. The first kappa shape index (κ1) is 17.2. The van der Waals surface area contributed by atoms with E-state index in [1.807, 2.05) is 7.05 Å². The lowest BCUT2D eigenvalue weighted by atomic mass is 9.87. The Balaban J connectivity index is 2.68. The SMILES string of the molecule is C[C@H](C(=O)NC(N)=O)[NH+](C)Cc1ccc(C(C)(C)C)cc1. The molecule has 0 saturated carbocycles. The molecule has 0 radical (unpaired) electrons. The van der Waals surface area contributed by atoms with Crippen LogP contribution in [0.25, 0.3) is 0 Å². The first-order valence-electron chi connectivity index (χ1n) is 7.13. The lowest BCUT2D eigenvalue weighted by Crippen LogP contribution is -3.12. The highest BCUT2D eigenvalue weighted by molar-refractivity contribution is 5.95. The molecule has 5 nitrogen and oxygen atoms in total. The Bertz CT molecular complexity index is 503. The van der Waals surface area contributed by atoms with E-state index in [0.29, 0.717) is 6.54 Å². The third kappa shape index (κ3) is 5.19. The second kappa shape index (κ2) is 6.72. The van der Waals surface area contributed by atoms with Crippen LogP contribution in [-0.2, 0) is 16.8 Å². The van der Waals surface area contributed by atoms with Gasteiger partial charge >= 0.3 is 6.03 Å². The summed E-state index contributed by atoms with van der Waals surface area (Å²) in [6, 6.07) is 7.26. The molecule has 0 saturated heterocycles. The zero-order valence-corrected chi connectivity index (χ0v) is 13.5. The van der Waals surface area contributed by atoms with Gasteiger partial charge in [0.2, 0.25) is 0 Å². The lowest BCUT2D eigenvalue weighted by Gasteiger charge is -2.22. The highest BCUT2D eigenvalue weighted by Gasteiger charge is 2.23. The van der Waals surface area contributed by atoms with E-state index in [0.717, 1.165) is 10.5 Å². The number of likely N-dealkylation sites (N-methyl/N-ethyl adjacent to an activating group) is 1. The van der Waals surface area contributed by atoms with E-state index in [4.69, 9.17) is 5.73 Å². The van der Waals surface area contributed by atoms with Crippen LogP contribution in [0.2, 0.25) is 0 Å². The van der Waals surface area contributed by atoms with E-state index in [1.54, 1.807) is 6.92 Å². The fraction of sp³-hybridized carbons (Fsp3) is 0.500. The van der Waals surface area contributed by atoms with Gasteiger partial charge in [0.05, 0.1) is 7.05 Å². The van der Waals surface area contributed by atoms with Crippen molar-refractivity contribution >= 4 is 11.9 Å². The summed E-state index contributed by atoms with van der Waals surface area (Å²) >= 11 is 0. The number of nitrogens with two attached hydrogens (primary N) is 1. The number of imide groups is 1. The maximum atomic E-state index is 11.7. The fourth-order valence-corrected chi connectivity index (χ4v) is 2.05. The molecule has 0 heterocycles. The zero-order valence-electron chi connectivity index (χ0n) is 13.5. The van der Waals surface area contributed by atoms with Crippen molar-refractivity contribution in [2.75, 3.05) is 7.05 Å². The Morgan fingerprint density at radius 3 is 2.19 bits per heavy atom. The molecule has 1 unspecified atom stereocenters. The molecule has 0 aliphatic carbocycles. The second-order valence-corrected chi connectivity index (χ2v) is 6.55. The molecule has 116 valence electrons. The summed E-state index contributed by atoms with van der Waals surface area (Å²) < 4.78 is 0. The predicted octanol–water partition coefficient (Wildman–Crippen LogP) is 0.582. The smallest absolute Gasteiger partial charge is 0.319 e. The number of nitrogens with one attached hydrogen (secondary N) is 2. The van der Waals surface area contributed by atoms with Crippen molar-refractivity contribution in [3.05, 3.63) is 35.4 Å². The van der Waals surface area contributed by atoms with Crippen molar-refractivity contribution in [2.24, 2.45) is 5.73 Å². The van der Waals surface area contributed by atoms with Gasteiger partial charge in [-0.25, -0.2) is 4.79 Å². The van der Waals surface area contributed by atoms with E-state index in [-0.39, 0.29) is 17.4 Å². The van der Waals surface area contributed by atoms with Gasteiger partial charge < -0.3 is 10.6 Å². The third-order valence-electron chi connectivity index (χ3n) is 3.68. The Hall–Kier alpha value is -1.88. The van der Waals surface area contributed by atoms with Crippen molar-refractivity contribution in [3.63, 3.8) is 0 Å². The number of primary amides is 1. The van der Waals surface area contributed by atoms with Crippen LogP contribution in [-0.4, -0.2) is 25.0 Å². The monoisotopic (exact) mass is 292 g/mol. The summed E-state index contributed by atoms with van der Waals surface area (Å²) in [7, 11) is 1.92. The summed E-state index contributed by atoms with van der Waals surface area (Å²) in [5.41, 5.74) is 7.53. The summed E-state index contributed by atoms with van der Waals surface area (Å²) in [6.45, 7) is 9.01. The number of benzene rings is 1.